The number of ether oxygens (including phenoxy) is 2. The van der Waals surface area contributed by atoms with Crippen LogP contribution in [0.25, 0.3) is 10.8 Å². The van der Waals surface area contributed by atoms with E-state index in [-0.39, 0.29) is 11.9 Å². The minimum atomic E-state index is -0.376. The predicted octanol–water partition coefficient (Wildman–Crippen LogP) is 2.73. The highest BCUT2D eigenvalue weighted by Crippen LogP contribution is 2.14. The van der Waals surface area contributed by atoms with Gasteiger partial charge in [0.25, 0.3) is 0 Å². The Morgan fingerprint density at radius 1 is 1.16 bits per heavy atom. The van der Waals surface area contributed by atoms with Crippen molar-refractivity contribution in [3.8, 4) is 0 Å². The summed E-state index contributed by atoms with van der Waals surface area (Å²) in [6, 6.07) is 9.23. The van der Waals surface area contributed by atoms with E-state index < -0.39 is 0 Å². The smallest absolute Gasteiger partial charge is 0.343 e. The fraction of sp³-hybridized carbons (Fsp3) is 0.400. The molecule has 4 nitrogen and oxygen atoms in total. The lowest BCUT2D eigenvalue weighted by atomic mass is 10.1. The molecule has 1 aromatic carbocycles. The van der Waals surface area contributed by atoms with Crippen LogP contribution in [0.5, 0.6) is 0 Å². The Morgan fingerprint density at radius 2 is 1.84 bits per heavy atom. The lowest BCUT2D eigenvalue weighted by molar-refractivity contribution is -0.136. The van der Waals surface area contributed by atoms with E-state index in [1.165, 1.54) is 0 Å². The van der Waals surface area contributed by atoms with Crippen LogP contribution in [0.4, 0.5) is 0 Å². The minimum absolute atomic E-state index is 0.320. The molecule has 1 heterocycles. The summed E-state index contributed by atoms with van der Waals surface area (Å²) >= 11 is 0. The van der Waals surface area contributed by atoms with Gasteiger partial charge in [0, 0.05) is 13.2 Å². The Balaban J connectivity index is 2.27. The van der Waals surface area contributed by atoms with Crippen molar-refractivity contribution in [2.75, 3.05) is 13.2 Å². The molecule has 0 N–H and O–H groups in total. The van der Waals surface area contributed by atoms with Crippen LogP contribution in [-0.2, 0) is 15.9 Å². The molecule has 0 spiro atoms. The molecule has 1 aromatic heterocycles. The predicted molar refractivity (Wildman–Crippen MR) is 73.2 cm³/mol. The first-order valence-electron chi connectivity index (χ1n) is 6.49. The Kier molecular flexibility index (Phi) is 4.71. The summed E-state index contributed by atoms with van der Waals surface area (Å²) in [4.78, 5) is 11.8. The third-order valence-electron chi connectivity index (χ3n) is 2.79. The van der Waals surface area contributed by atoms with Gasteiger partial charge in [-0.05, 0) is 31.4 Å². The molecular weight excluding hydrogens is 244 g/mol. The van der Waals surface area contributed by atoms with Crippen molar-refractivity contribution in [1.29, 1.82) is 0 Å². The summed E-state index contributed by atoms with van der Waals surface area (Å²) in [5.74, 6) is 0.579. The van der Waals surface area contributed by atoms with Gasteiger partial charge in [0.2, 0.25) is 0 Å². The first kappa shape index (κ1) is 13.8. The molecule has 102 valence electrons. The van der Waals surface area contributed by atoms with Crippen molar-refractivity contribution < 1.29 is 13.9 Å². The average Bonchev–Trinajstić information content (AvgIpc) is 2.39. The molecular formula is C15H18O4. The fourth-order valence-electron chi connectivity index (χ4n) is 1.99. The van der Waals surface area contributed by atoms with E-state index in [2.05, 4.69) is 0 Å². The SMILES string of the molecule is CCOC(Cc1cc2ccccc2c(=O)o1)OCC. The maximum Gasteiger partial charge on any atom is 0.343 e. The zero-order chi connectivity index (χ0) is 13.7. The van der Waals surface area contributed by atoms with Crippen molar-refractivity contribution in [3.63, 3.8) is 0 Å². The van der Waals surface area contributed by atoms with Crippen LogP contribution in [-0.4, -0.2) is 19.5 Å². The molecule has 0 fully saturated rings. The Morgan fingerprint density at radius 3 is 2.53 bits per heavy atom. The molecule has 2 rings (SSSR count). The summed E-state index contributed by atoms with van der Waals surface area (Å²) in [5.41, 5.74) is -0.320. The third-order valence-corrected chi connectivity index (χ3v) is 2.79. The molecule has 0 unspecified atom stereocenters. The zero-order valence-electron chi connectivity index (χ0n) is 11.2. The molecule has 0 aliphatic rings. The van der Waals surface area contributed by atoms with Crippen LogP contribution in [0.2, 0.25) is 0 Å². The largest absolute Gasteiger partial charge is 0.427 e. The lowest BCUT2D eigenvalue weighted by Crippen LogP contribution is -2.20. The van der Waals surface area contributed by atoms with E-state index in [9.17, 15) is 4.79 Å². The second kappa shape index (κ2) is 6.50. The number of fused-ring (bicyclic) bond motifs is 1. The fourth-order valence-corrected chi connectivity index (χ4v) is 1.99. The van der Waals surface area contributed by atoms with Gasteiger partial charge in [0.1, 0.15) is 5.76 Å². The van der Waals surface area contributed by atoms with Crippen molar-refractivity contribution in [3.05, 3.63) is 46.5 Å². The van der Waals surface area contributed by atoms with Crippen LogP contribution in [0, 0.1) is 0 Å². The van der Waals surface area contributed by atoms with E-state index in [1.807, 2.05) is 38.1 Å². The van der Waals surface area contributed by atoms with Gasteiger partial charge < -0.3 is 13.9 Å². The molecule has 0 amide bonds. The van der Waals surface area contributed by atoms with Gasteiger partial charge in [-0.1, -0.05) is 18.2 Å². The summed E-state index contributed by atoms with van der Waals surface area (Å²) < 4.78 is 16.2. The van der Waals surface area contributed by atoms with Crippen LogP contribution in [0.15, 0.2) is 39.5 Å². The molecule has 0 saturated heterocycles. The van der Waals surface area contributed by atoms with E-state index in [1.54, 1.807) is 6.07 Å². The summed E-state index contributed by atoms with van der Waals surface area (Å²) in [7, 11) is 0. The van der Waals surface area contributed by atoms with Crippen LogP contribution in [0.1, 0.15) is 19.6 Å². The van der Waals surface area contributed by atoms with E-state index in [0.29, 0.717) is 30.8 Å². The van der Waals surface area contributed by atoms with Crippen molar-refractivity contribution >= 4 is 10.8 Å². The van der Waals surface area contributed by atoms with Gasteiger partial charge >= 0.3 is 5.63 Å². The molecule has 0 saturated carbocycles. The first-order valence-corrected chi connectivity index (χ1v) is 6.49. The van der Waals surface area contributed by atoms with E-state index in [4.69, 9.17) is 13.9 Å². The average molecular weight is 262 g/mol. The second-order valence-electron chi connectivity index (χ2n) is 4.13. The standard InChI is InChI=1S/C15H18O4/c1-3-17-14(18-4-2)10-12-9-11-7-5-6-8-13(11)15(16)19-12/h5-9,14H,3-4,10H2,1-2H3. The molecule has 0 aliphatic carbocycles. The van der Waals surface area contributed by atoms with Gasteiger partial charge in [-0.3, -0.25) is 0 Å². The maximum absolute atomic E-state index is 11.8. The normalized spacial score (nSPS) is 11.3. The number of rotatable bonds is 6. The third kappa shape index (κ3) is 3.43. The van der Waals surface area contributed by atoms with Gasteiger partial charge in [-0.2, -0.15) is 0 Å². The maximum atomic E-state index is 11.8. The number of hydrogen-bond donors (Lipinski definition) is 0. The molecule has 0 aliphatic heterocycles. The van der Waals surface area contributed by atoms with Crippen LogP contribution >= 0.6 is 0 Å². The van der Waals surface area contributed by atoms with Crippen molar-refractivity contribution in [2.24, 2.45) is 0 Å². The van der Waals surface area contributed by atoms with Crippen LogP contribution < -0.4 is 5.63 Å². The van der Waals surface area contributed by atoms with Gasteiger partial charge in [-0.15, -0.1) is 0 Å². The Labute approximate surface area is 111 Å². The molecule has 0 bridgehead atoms. The van der Waals surface area contributed by atoms with Crippen molar-refractivity contribution in [2.45, 2.75) is 26.6 Å². The van der Waals surface area contributed by atoms with Gasteiger partial charge in [0.15, 0.2) is 6.29 Å². The highest BCUT2D eigenvalue weighted by molar-refractivity contribution is 5.81. The van der Waals surface area contributed by atoms with Crippen LogP contribution in [0.3, 0.4) is 0 Å². The minimum Gasteiger partial charge on any atom is -0.427 e. The first-order chi connectivity index (χ1) is 9.24. The summed E-state index contributed by atoms with van der Waals surface area (Å²) in [6.45, 7) is 4.93. The van der Waals surface area contributed by atoms with Crippen molar-refractivity contribution in [1.82, 2.24) is 0 Å². The molecule has 2 aromatic rings. The zero-order valence-corrected chi connectivity index (χ0v) is 11.2. The quantitative estimate of drug-likeness (QED) is 0.751. The molecule has 19 heavy (non-hydrogen) atoms. The van der Waals surface area contributed by atoms with E-state index in [0.717, 1.165) is 5.39 Å². The Bertz CT molecular complexity index is 582. The summed E-state index contributed by atoms with van der Waals surface area (Å²) in [6.07, 6.45) is 0.0567. The summed E-state index contributed by atoms with van der Waals surface area (Å²) in [5, 5.41) is 1.47. The van der Waals surface area contributed by atoms with Gasteiger partial charge in [-0.25, -0.2) is 4.79 Å². The topological polar surface area (TPSA) is 48.7 Å². The Hall–Kier alpha value is -1.65. The van der Waals surface area contributed by atoms with E-state index >= 15 is 0 Å². The molecule has 0 atom stereocenters. The highest BCUT2D eigenvalue weighted by atomic mass is 16.7. The molecule has 0 radical (unpaired) electrons. The highest BCUT2D eigenvalue weighted by Gasteiger charge is 2.12. The number of hydrogen-bond acceptors (Lipinski definition) is 4. The monoisotopic (exact) mass is 262 g/mol. The van der Waals surface area contributed by atoms with Gasteiger partial charge in [0.05, 0.1) is 11.8 Å². The second-order valence-corrected chi connectivity index (χ2v) is 4.13. The number of benzene rings is 1. The lowest BCUT2D eigenvalue weighted by Gasteiger charge is -2.16. The molecule has 4 heteroatoms.